The first-order chi connectivity index (χ1) is 8.68. The van der Waals surface area contributed by atoms with Gasteiger partial charge in [0, 0.05) is 17.6 Å². The molecule has 1 unspecified atom stereocenters. The van der Waals surface area contributed by atoms with Crippen LogP contribution in [0.4, 0.5) is 0 Å². The number of benzene rings is 1. The molecule has 0 bridgehead atoms. The third-order valence-electron chi connectivity index (χ3n) is 4.18. The fraction of sp³-hybridized carbons (Fsp3) is 0.600. The van der Waals surface area contributed by atoms with E-state index in [1.54, 1.807) is 0 Å². The Bertz CT molecular complexity index is 388. The topological polar surface area (TPSA) is 35.2 Å². The highest BCUT2D eigenvalue weighted by atomic mass is 79.9. The maximum absolute atomic E-state index is 6.45. The van der Waals surface area contributed by atoms with Gasteiger partial charge in [0.05, 0.1) is 5.60 Å². The van der Waals surface area contributed by atoms with Crippen molar-refractivity contribution in [2.45, 2.75) is 50.2 Å². The van der Waals surface area contributed by atoms with Gasteiger partial charge in [-0.15, -0.1) is 0 Å². The summed E-state index contributed by atoms with van der Waals surface area (Å²) in [5.41, 5.74) is 7.60. The lowest BCUT2D eigenvalue weighted by Crippen LogP contribution is -2.51. The number of ether oxygens (including phenoxy) is 1. The number of hydrogen-bond donors (Lipinski definition) is 1. The normalized spacial score (nSPS) is 20.6. The van der Waals surface area contributed by atoms with Gasteiger partial charge >= 0.3 is 0 Å². The molecule has 100 valence electrons. The van der Waals surface area contributed by atoms with Crippen LogP contribution in [0.15, 0.2) is 28.7 Å². The van der Waals surface area contributed by atoms with Gasteiger partial charge in [0.1, 0.15) is 0 Å². The number of nitrogens with two attached hydrogens (primary N) is 1. The molecule has 2 nitrogen and oxygen atoms in total. The summed E-state index contributed by atoms with van der Waals surface area (Å²) in [5, 5.41) is 0. The summed E-state index contributed by atoms with van der Waals surface area (Å²) in [6.07, 6.45) is 6.83. The molecule has 1 fully saturated rings. The molecule has 0 spiro atoms. The quantitative estimate of drug-likeness (QED) is 0.921. The molecular weight excluding hydrogens is 290 g/mol. The third kappa shape index (κ3) is 2.95. The van der Waals surface area contributed by atoms with Gasteiger partial charge in [-0.2, -0.15) is 0 Å². The van der Waals surface area contributed by atoms with Crippen LogP contribution < -0.4 is 5.73 Å². The van der Waals surface area contributed by atoms with Gasteiger partial charge < -0.3 is 10.5 Å². The highest BCUT2D eigenvalue weighted by Gasteiger charge is 2.38. The summed E-state index contributed by atoms with van der Waals surface area (Å²) in [4.78, 5) is 0. The van der Waals surface area contributed by atoms with E-state index < -0.39 is 0 Å². The molecule has 0 saturated heterocycles. The first kappa shape index (κ1) is 14.0. The van der Waals surface area contributed by atoms with Crippen molar-refractivity contribution in [3.63, 3.8) is 0 Å². The molecule has 0 aromatic heterocycles. The summed E-state index contributed by atoms with van der Waals surface area (Å²) < 4.78 is 6.95. The number of methoxy groups -OCH3 is 1. The average Bonchev–Trinajstić information content (AvgIpc) is 2.42. The molecule has 18 heavy (non-hydrogen) atoms. The second kappa shape index (κ2) is 6.18. The van der Waals surface area contributed by atoms with Gasteiger partial charge in [0.2, 0.25) is 0 Å². The predicted molar refractivity (Wildman–Crippen MR) is 78.6 cm³/mol. The van der Waals surface area contributed by atoms with E-state index in [0.717, 1.165) is 23.7 Å². The van der Waals surface area contributed by atoms with Crippen LogP contribution in [-0.2, 0) is 11.2 Å². The van der Waals surface area contributed by atoms with Crippen LogP contribution in [0.25, 0.3) is 0 Å². The van der Waals surface area contributed by atoms with Crippen molar-refractivity contribution in [2.75, 3.05) is 7.11 Å². The molecule has 2 N–H and O–H groups in total. The van der Waals surface area contributed by atoms with Gasteiger partial charge in [0.25, 0.3) is 0 Å². The van der Waals surface area contributed by atoms with Crippen LogP contribution in [0.3, 0.4) is 0 Å². The van der Waals surface area contributed by atoms with Crippen LogP contribution in [0.1, 0.15) is 37.7 Å². The van der Waals surface area contributed by atoms with E-state index in [2.05, 4.69) is 34.1 Å². The van der Waals surface area contributed by atoms with Crippen LogP contribution in [0.5, 0.6) is 0 Å². The SMILES string of the molecule is COC1(C(N)Cc2ccccc2Br)CCCCC1. The Labute approximate surface area is 118 Å². The predicted octanol–water partition coefficient (Wildman–Crippen LogP) is 3.67. The summed E-state index contributed by atoms with van der Waals surface area (Å²) in [6.45, 7) is 0. The molecule has 1 aromatic carbocycles. The van der Waals surface area contributed by atoms with Gasteiger partial charge in [0.15, 0.2) is 0 Å². The zero-order valence-corrected chi connectivity index (χ0v) is 12.6. The first-order valence-electron chi connectivity index (χ1n) is 6.72. The van der Waals surface area contributed by atoms with Gasteiger partial charge in [-0.05, 0) is 30.9 Å². The van der Waals surface area contributed by atoms with E-state index in [9.17, 15) is 0 Å². The minimum atomic E-state index is -0.118. The van der Waals surface area contributed by atoms with Crippen LogP contribution in [-0.4, -0.2) is 18.8 Å². The highest BCUT2D eigenvalue weighted by Crippen LogP contribution is 2.35. The Morgan fingerprint density at radius 3 is 2.56 bits per heavy atom. The largest absolute Gasteiger partial charge is 0.377 e. The van der Waals surface area contributed by atoms with Crippen LogP contribution in [0.2, 0.25) is 0 Å². The molecule has 1 atom stereocenters. The average molecular weight is 312 g/mol. The van der Waals surface area contributed by atoms with Gasteiger partial charge in [-0.1, -0.05) is 53.4 Å². The van der Waals surface area contributed by atoms with Crippen LogP contribution >= 0.6 is 15.9 Å². The first-order valence-corrected chi connectivity index (χ1v) is 7.51. The molecule has 1 aliphatic rings. The molecule has 2 rings (SSSR count). The molecule has 3 heteroatoms. The van der Waals surface area contributed by atoms with E-state index in [0.29, 0.717) is 0 Å². The maximum atomic E-state index is 6.45. The van der Waals surface area contributed by atoms with Gasteiger partial charge in [-0.3, -0.25) is 0 Å². The van der Waals surface area contributed by atoms with Crippen molar-refractivity contribution in [1.82, 2.24) is 0 Å². The Hall–Kier alpha value is -0.380. The number of halogens is 1. The molecule has 0 heterocycles. The minimum Gasteiger partial charge on any atom is -0.377 e. The zero-order valence-electron chi connectivity index (χ0n) is 11.0. The number of rotatable bonds is 4. The monoisotopic (exact) mass is 311 g/mol. The van der Waals surface area contributed by atoms with E-state index in [1.807, 2.05) is 13.2 Å². The summed E-state index contributed by atoms with van der Waals surface area (Å²) in [5.74, 6) is 0. The van der Waals surface area contributed by atoms with Crippen molar-refractivity contribution < 1.29 is 4.74 Å². The van der Waals surface area contributed by atoms with Crippen molar-refractivity contribution in [2.24, 2.45) is 5.73 Å². The lowest BCUT2D eigenvalue weighted by atomic mass is 9.77. The second-order valence-electron chi connectivity index (χ2n) is 5.23. The van der Waals surface area contributed by atoms with E-state index in [4.69, 9.17) is 10.5 Å². The van der Waals surface area contributed by atoms with Crippen molar-refractivity contribution >= 4 is 15.9 Å². The lowest BCUT2D eigenvalue weighted by Gasteiger charge is -2.41. The van der Waals surface area contributed by atoms with Crippen molar-refractivity contribution in [3.05, 3.63) is 34.3 Å². The van der Waals surface area contributed by atoms with E-state index in [-0.39, 0.29) is 11.6 Å². The molecule has 0 aliphatic heterocycles. The van der Waals surface area contributed by atoms with Crippen molar-refractivity contribution in [1.29, 1.82) is 0 Å². The molecule has 1 aliphatic carbocycles. The molecule has 0 radical (unpaired) electrons. The van der Waals surface area contributed by atoms with Crippen molar-refractivity contribution in [3.8, 4) is 0 Å². The van der Waals surface area contributed by atoms with Gasteiger partial charge in [-0.25, -0.2) is 0 Å². The standard InChI is InChI=1S/C15H22BrNO/c1-18-15(9-5-2-6-10-15)14(17)11-12-7-3-4-8-13(12)16/h3-4,7-8,14H,2,5-6,9-11,17H2,1H3. The molecular formula is C15H22BrNO. The molecule has 1 aromatic rings. The van der Waals surface area contributed by atoms with E-state index >= 15 is 0 Å². The summed E-state index contributed by atoms with van der Waals surface area (Å²) in [7, 11) is 1.81. The summed E-state index contributed by atoms with van der Waals surface area (Å²) in [6, 6.07) is 8.37. The third-order valence-corrected chi connectivity index (χ3v) is 4.95. The summed E-state index contributed by atoms with van der Waals surface area (Å²) >= 11 is 3.59. The Morgan fingerprint density at radius 1 is 1.28 bits per heavy atom. The Balaban J connectivity index is 2.10. The number of hydrogen-bond acceptors (Lipinski definition) is 2. The van der Waals surface area contributed by atoms with E-state index in [1.165, 1.54) is 24.8 Å². The smallest absolute Gasteiger partial charge is 0.0832 e. The Kier molecular flexibility index (Phi) is 4.82. The second-order valence-corrected chi connectivity index (χ2v) is 6.09. The maximum Gasteiger partial charge on any atom is 0.0832 e. The highest BCUT2D eigenvalue weighted by molar-refractivity contribution is 9.10. The minimum absolute atomic E-state index is 0.0708. The Morgan fingerprint density at radius 2 is 1.94 bits per heavy atom. The zero-order chi connectivity index (χ0) is 13.0. The van der Waals surface area contributed by atoms with Crippen LogP contribution in [0, 0.1) is 0 Å². The fourth-order valence-corrected chi connectivity index (χ4v) is 3.41. The molecule has 0 amide bonds. The lowest BCUT2D eigenvalue weighted by molar-refractivity contribution is -0.0583. The fourth-order valence-electron chi connectivity index (χ4n) is 2.96. The molecule has 1 saturated carbocycles.